The smallest absolute Gasteiger partial charge is 0.239 e. The lowest BCUT2D eigenvalue weighted by atomic mass is 10.6. The van der Waals surface area contributed by atoms with Crippen LogP contribution in [-0.4, -0.2) is 25.0 Å². The molecule has 0 aliphatic carbocycles. The Labute approximate surface area is 53.5 Å². The molecule has 0 aliphatic rings. The molecule has 0 heterocycles. The molecule has 0 spiro atoms. The Bertz CT molecular complexity index is 139. The van der Waals surface area contributed by atoms with E-state index < -0.39 is 5.91 Å². The van der Waals surface area contributed by atoms with Crippen LogP contribution in [0.15, 0.2) is 9.98 Å². The van der Waals surface area contributed by atoms with Gasteiger partial charge in [-0.3, -0.25) is 9.79 Å². The van der Waals surface area contributed by atoms with Crippen LogP contribution >= 0.6 is 0 Å². The van der Waals surface area contributed by atoms with E-state index in [0.29, 0.717) is 0 Å². The summed E-state index contributed by atoms with van der Waals surface area (Å²) in [5.74, 6) is -0.447. The van der Waals surface area contributed by atoms with Gasteiger partial charge in [0.2, 0.25) is 5.91 Å². The van der Waals surface area contributed by atoms with Gasteiger partial charge < -0.3 is 5.73 Å². The molecule has 9 heavy (non-hydrogen) atoms. The van der Waals surface area contributed by atoms with Crippen molar-refractivity contribution in [2.24, 2.45) is 15.7 Å². The zero-order valence-electron chi connectivity index (χ0n) is 5.24. The van der Waals surface area contributed by atoms with Crippen molar-refractivity contribution in [2.75, 3.05) is 6.54 Å². The number of rotatable bonds is 3. The van der Waals surface area contributed by atoms with Crippen molar-refractivity contribution in [1.82, 2.24) is 0 Å². The van der Waals surface area contributed by atoms with Gasteiger partial charge in [-0.1, -0.05) is 0 Å². The van der Waals surface area contributed by atoms with Crippen LogP contribution in [0.3, 0.4) is 0 Å². The maximum absolute atomic E-state index is 10.0. The second-order valence-electron chi connectivity index (χ2n) is 1.33. The molecular weight excluding hydrogens is 118 g/mol. The van der Waals surface area contributed by atoms with Crippen molar-refractivity contribution in [3.63, 3.8) is 0 Å². The van der Waals surface area contributed by atoms with E-state index in [2.05, 4.69) is 9.98 Å². The molecule has 0 unspecified atom stereocenters. The van der Waals surface area contributed by atoms with Crippen LogP contribution in [0.25, 0.3) is 0 Å². The summed E-state index contributed by atoms with van der Waals surface area (Å²) in [6, 6.07) is 0. The molecule has 1 amide bonds. The minimum atomic E-state index is -0.447. The minimum Gasteiger partial charge on any atom is -0.368 e. The Morgan fingerprint density at radius 3 is 2.89 bits per heavy atom. The summed E-state index contributed by atoms with van der Waals surface area (Å²) in [5, 5.41) is 0. The van der Waals surface area contributed by atoms with E-state index in [0.717, 1.165) is 0 Å². The summed E-state index contributed by atoms with van der Waals surface area (Å²) in [6.07, 6.45) is 2.87. The van der Waals surface area contributed by atoms with Crippen LogP contribution < -0.4 is 5.73 Å². The summed E-state index contributed by atoms with van der Waals surface area (Å²) in [4.78, 5) is 17.2. The quantitative estimate of drug-likeness (QED) is 0.406. The van der Waals surface area contributed by atoms with Crippen LogP contribution in [-0.2, 0) is 4.79 Å². The number of hydrogen-bond donors (Lipinski definition) is 1. The summed E-state index contributed by atoms with van der Waals surface area (Å²) >= 11 is 0. The van der Waals surface area contributed by atoms with E-state index in [-0.39, 0.29) is 6.54 Å². The molecule has 0 aromatic carbocycles. The lowest BCUT2D eigenvalue weighted by molar-refractivity contribution is -0.116. The fourth-order valence-electron chi connectivity index (χ4n) is 0.245. The summed E-state index contributed by atoms with van der Waals surface area (Å²) in [6.45, 7) is 1.77. The maximum Gasteiger partial charge on any atom is 0.239 e. The first-order chi connectivity index (χ1) is 4.27. The van der Waals surface area contributed by atoms with E-state index in [1.807, 2.05) is 0 Å². The molecule has 50 valence electrons. The average Bonchev–Trinajstić information content (AvgIpc) is 1.80. The third-order valence-electron chi connectivity index (χ3n) is 0.545. The van der Waals surface area contributed by atoms with Gasteiger partial charge in [-0.2, -0.15) is 0 Å². The highest BCUT2D eigenvalue weighted by Gasteiger charge is 1.84. The van der Waals surface area contributed by atoms with E-state index >= 15 is 0 Å². The van der Waals surface area contributed by atoms with Crippen LogP contribution in [0.5, 0.6) is 0 Å². The number of aliphatic imine (C=N–C) groups is 2. The van der Waals surface area contributed by atoms with Gasteiger partial charge in [0.15, 0.2) is 0 Å². The van der Waals surface area contributed by atoms with Crippen molar-refractivity contribution in [2.45, 2.75) is 6.92 Å². The Morgan fingerprint density at radius 1 is 1.78 bits per heavy atom. The van der Waals surface area contributed by atoms with Gasteiger partial charge in [0.05, 0.1) is 0 Å². The SMILES string of the molecule is CC=NC=NCC(N)=O. The predicted octanol–water partition coefficient (Wildman–Crippen LogP) is -0.409. The number of nitrogens with zero attached hydrogens (tertiary/aromatic N) is 2. The number of amides is 1. The minimum absolute atomic E-state index is 0.0112. The summed E-state index contributed by atoms with van der Waals surface area (Å²) < 4.78 is 0. The fraction of sp³-hybridized carbons (Fsp3) is 0.400. The van der Waals surface area contributed by atoms with Crippen LogP contribution in [0.1, 0.15) is 6.92 Å². The first-order valence-electron chi connectivity index (χ1n) is 2.51. The first kappa shape index (κ1) is 7.81. The maximum atomic E-state index is 10.0. The Morgan fingerprint density at radius 2 is 2.44 bits per heavy atom. The Kier molecular flexibility index (Phi) is 4.30. The highest BCUT2D eigenvalue weighted by molar-refractivity contribution is 5.78. The zero-order valence-corrected chi connectivity index (χ0v) is 5.24. The van der Waals surface area contributed by atoms with Crippen LogP contribution in [0, 0.1) is 0 Å². The molecule has 0 saturated heterocycles. The fourth-order valence-corrected chi connectivity index (χ4v) is 0.245. The molecule has 0 fully saturated rings. The zero-order chi connectivity index (χ0) is 7.11. The normalized spacial score (nSPS) is 11.2. The highest BCUT2D eigenvalue weighted by Crippen LogP contribution is 1.65. The van der Waals surface area contributed by atoms with Crippen molar-refractivity contribution in [3.05, 3.63) is 0 Å². The molecule has 0 aromatic rings. The molecule has 4 heteroatoms. The topological polar surface area (TPSA) is 67.8 Å². The Balaban J connectivity index is 3.36. The lowest BCUT2D eigenvalue weighted by Gasteiger charge is -1.80. The monoisotopic (exact) mass is 127 g/mol. The lowest BCUT2D eigenvalue weighted by Crippen LogP contribution is -2.13. The first-order valence-corrected chi connectivity index (χ1v) is 2.51. The molecular formula is C5H9N3O. The second-order valence-corrected chi connectivity index (χ2v) is 1.33. The molecule has 0 saturated carbocycles. The molecule has 0 radical (unpaired) electrons. The van der Waals surface area contributed by atoms with E-state index in [1.165, 1.54) is 6.34 Å². The van der Waals surface area contributed by atoms with Crippen molar-refractivity contribution in [1.29, 1.82) is 0 Å². The third kappa shape index (κ3) is 6.81. The Hall–Kier alpha value is -1.19. The third-order valence-corrected chi connectivity index (χ3v) is 0.545. The van der Waals surface area contributed by atoms with Crippen LogP contribution in [0.4, 0.5) is 0 Å². The van der Waals surface area contributed by atoms with Gasteiger partial charge in [-0.25, -0.2) is 4.99 Å². The summed E-state index contributed by atoms with van der Waals surface area (Å²) in [5.41, 5.74) is 4.77. The van der Waals surface area contributed by atoms with E-state index in [4.69, 9.17) is 5.73 Å². The molecule has 0 aromatic heterocycles. The van der Waals surface area contributed by atoms with Gasteiger partial charge in [-0.05, 0) is 6.92 Å². The molecule has 0 rings (SSSR count). The van der Waals surface area contributed by atoms with Crippen LogP contribution in [0.2, 0.25) is 0 Å². The number of hydrogen-bond acceptors (Lipinski definition) is 2. The number of primary amides is 1. The van der Waals surface area contributed by atoms with E-state index in [1.54, 1.807) is 13.1 Å². The van der Waals surface area contributed by atoms with Gasteiger partial charge in [-0.15, -0.1) is 0 Å². The van der Waals surface area contributed by atoms with E-state index in [9.17, 15) is 4.79 Å². The van der Waals surface area contributed by atoms with Crippen molar-refractivity contribution >= 4 is 18.5 Å². The van der Waals surface area contributed by atoms with Gasteiger partial charge >= 0.3 is 0 Å². The summed E-state index contributed by atoms with van der Waals surface area (Å²) in [7, 11) is 0. The standard InChI is InChI=1S/C5H9N3O/c1-2-7-4-8-3-5(6)9/h2,4H,3H2,1H3,(H2,6,9). The molecule has 0 bridgehead atoms. The second kappa shape index (κ2) is 4.96. The van der Waals surface area contributed by atoms with Gasteiger partial charge in [0, 0.05) is 6.21 Å². The average molecular weight is 127 g/mol. The number of nitrogens with two attached hydrogens (primary N) is 1. The predicted molar refractivity (Wildman–Crippen MR) is 36.7 cm³/mol. The van der Waals surface area contributed by atoms with Crippen molar-refractivity contribution in [3.8, 4) is 0 Å². The number of carbonyl (C=O) groups excluding carboxylic acids is 1. The molecule has 0 atom stereocenters. The molecule has 0 aliphatic heterocycles. The molecule has 4 nitrogen and oxygen atoms in total. The van der Waals surface area contributed by atoms with Crippen molar-refractivity contribution < 1.29 is 4.79 Å². The highest BCUT2D eigenvalue weighted by atomic mass is 16.1. The largest absolute Gasteiger partial charge is 0.368 e. The van der Waals surface area contributed by atoms with Gasteiger partial charge in [0.1, 0.15) is 12.9 Å². The number of carbonyl (C=O) groups is 1. The molecule has 2 N–H and O–H groups in total. The van der Waals surface area contributed by atoms with Gasteiger partial charge in [0.25, 0.3) is 0 Å².